The van der Waals surface area contributed by atoms with Crippen molar-refractivity contribution in [3.63, 3.8) is 0 Å². The average molecular weight is 434 g/mol. The number of rotatable bonds is 3. The first-order valence-electron chi connectivity index (χ1n) is 9.80. The predicted octanol–water partition coefficient (Wildman–Crippen LogP) is 3.39. The maximum atomic E-state index is 12.9. The van der Waals surface area contributed by atoms with Crippen molar-refractivity contribution in [1.29, 1.82) is 0 Å². The van der Waals surface area contributed by atoms with E-state index in [0.717, 1.165) is 12.1 Å². The topological polar surface area (TPSA) is 80.0 Å². The van der Waals surface area contributed by atoms with Crippen molar-refractivity contribution in [3.05, 3.63) is 58.4 Å². The summed E-state index contributed by atoms with van der Waals surface area (Å²) in [4.78, 5) is 19.0. The summed E-state index contributed by atoms with van der Waals surface area (Å²) in [7, 11) is 0. The third-order valence-corrected chi connectivity index (χ3v) is 5.55. The predicted molar refractivity (Wildman–Crippen MR) is 105 cm³/mol. The molecule has 1 amide bonds. The summed E-state index contributed by atoms with van der Waals surface area (Å²) in [6.45, 7) is 5.29. The lowest BCUT2D eigenvalue weighted by molar-refractivity contribution is -0.137. The Balaban J connectivity index is 1.70. The van der Waals surface area contributed by atoms with Crippen molar-refractivity contribution in [2.75, 3.05) is 26.3 Å². The van der Waals surface area contributed by atoms with E-state index in [1.54, 1.807) is 18.7 Å². The number of carbonyl (C=O) groups excluding carboxylic acids is 1. The monoisotopic (exact) mass is 434 g/mol. The Morgan fingerprint density at radius 1 is 1.19 bits per heavy atom. The Hall–Kier alpha value is -3.14. The molecule has 4 rings (SSSR count). The summed E-state index contributed by atoms with van der Waals surface area (Å²) in [5.74, 6) is -0.883. The molecule has 164 valence electrons. The maximum absolute atomic E-state index is 12.9. The molecule has 0 bridgehead atoms. The van der Waals surface area contributed by atoms with Gasteiger partial charge >= 0.3 is 6.18 Å². The summed E-state index contributed by atoms with van der Waals surface area (Å²) in [5.41, 5.74) is 1.25. The van der Waals surface area contributed by atoms with Crippen LogP contribution in [0.5, 0.6) is 5.88 Å². The van der Waals surface area contributed by atoms with Gasteiger partial charge < -0.3 is 14.7 Å². The van der Waals surface area contributed by atoms with E-state index < -0.39 is 17.7 Å². The van der Waals surface area contributed by atoms with E-state index in [1.165, 1.54) is 22.8 Å². The molecule has 2 aromatic heterocycles. The standard InChI is InChI=1S/C21H21F3N4O3/c1-12(14-3-5-15(6-4-14)21(22,23)24)17-13(2)26-18-16(11-25-28(18)20(17)30)19(29)27-7-9-31-10-8-27/h3-6,11-12,30H,7-10H2,1-2H3. The van der Waals surface area contributed by atoms with Crippen molar-refractivity contribution in [2.24, 2.45) is 0 Å². The Labute approximate surface area is 176 Å². The largest absolute Gasteiger partial charge is 0.493 e. The van der Waals surface area contributed by atoms with Crippen molar-refractivity contribution in [1.82, 2.24) is 19.5 Å². The highest BCUT2D eigenvalue weighted by Crippen LogP contribution is 2.36. The molecule has 1 aliphatic heterocycles. The van der Waals surface area contributed by atoms with E-state index in [4.69, 9.17) is 4.74 Å². The zero-order valence-corrected chi connectivity index (χ0v) is 17.0. The number of fused-ring (bicyclic) bond motifs is 1. The number of alkyl halides is 3. The van der Waals surface area contributed by atoms with Crippen LogP contribution >= 0.6 is 0 Å². The van der Waals surface area contributed by atoms with Gasteiger partial charge in [-0.1, -0.05) is 19.1 Å². The molecule has 1 saturated heterocycles. The van der Waals surface area contributed by atoms with Gasteiger partial charge in [0.2, 0.25) is 5.88 Å². The van der Waals surface area contributed by atoms with Crippen molar-refractivity contribution in [3.8, 4) is 5.88 Å². The quantitative estimate of drug-likeness (QED) is 0.684. The highest BCUT2D eigenvalue weighted by atomic mass is 19.4. The van der Waals surface area contributed by atoms with Crippen molar-refractivity contribution < 1.29 is 27.8 Å². The summed E-state index contributed by atoms with van der Waals surface area (Å²) in [6.07, 6.45) is -3.05. The SMILES string of the molecule is Cc1nc2c(C(=O)N3CCOCC3)cnn2c(O)c1C(C)c1ccc(C(F)(F)F)cc1. The first-order valence-corrected chi connectivity index (χ1v) is 9.80. The van der Waals surface area contributed by atoms with Gasteiger partial charge in [0.15, 0.2) is 5.65 Å². The number of aromatic hydroxyl groups is 1. The van der Waals surface area contributed by atoms with Crippen LogP contribution in [0, 0.1) is 6.92 Å². The normalized spacial score (nSPS) is 16.0. The molecule has 1 N–H and O–H groups in total. The third kappa shape index (κ3) is 3.83. The zero-order valence-electron chi connectivity index (χ0n) is 17.0. The smallest absolute Gasteiger partial charge is 0.416 e. The van der Waals surface area contributed by atoms with Crippen LogP contribution in [0.2, 0.25) is 0 Å². The van der Waals surface area contributed by atoms with E-state index in [9.17, 15) is 23.1 Å². The number of aryl methyl sites for hydroxylation is 1. The fourth-order valence-electron chi connectivity index (χ4n) is 3.82. The molecule has 1 aromatic carbocycles. The number of halogens is 3. The molecule has 1 unspecified atom stereocenters. The van der Waals surface area contributed by atoms with E-state index in [2.05, 4.69) is 10.1 Å². The molecule has 0 aliphatic carbocycles. The summed E-state index contributed by atoms with van der Waals surface area (Å²) < 4.78 is 45.0. The fraction of sp³-hybridized carbons (Fsp3) is 0.381. The second-order valence-corrected chi connectivity index (χ2v) is 7.47. The molecule has 0 radical (unpaired) electrons. The molecule has 0 spiro atoms. The van der Waals surface area contributed by atoms with Crippen LogP contribution in [0.15, 0.2) is 30.5 Å². The van der Waals surface area contributed by atoms with Gasteiger partial charge in [0.1, 0.15) is 5.56 Å². The Morgan fingerprint density at radius 2 is 1.84 bits per heavy atom. The number of hydrogen-bond donors (Lipinski definition) is 1. The average Bonchev–Trinajstić information content (AvgIpc) is 3.17. The van der Waals surface area contributed by atoms with Gasteiger partial charge in [-0.25, -0.2) is 4.98 Å². The Kier molecular flexibility index (Phi) is 5.34. The molecule has 1 atom stereocenters. The second kappa shape index (κ2) is 7.84. The number of aromatic nitrogens is 3. The highest BCUT2D eigenvalue weighted by molar-refractivity contribution is 5.99. The van der Waals surface area contributed by atoms with Gasteiger partial charge in [-0.2, -0.15) is 22.8 Å². The lowest BCUT2D eigenvalue weighted by Gasteiger charge is -2.26. The minimum absolute atomic E-state index is 0.198. The number of nitrogens with zero attached hydrogens (tertiary/aromatic N) is 4. The third-order valence-electron chi connectivity index (χ3n) is 5.55. The lowest BCUT2D eigenvalue weighted by atomic mass is 9.92. The molecular formula is C21H21F3N4O3. The van der Waals surface area contributed by atoms with Crippen molar-refractivity contribution in [2.45, 2.75) is 25.9 Å². The molecule has 31 heavy (non-hydrogen) atoms. The molecule has 3 aromatic rings. The van der Waals surface area contributed by atoms with E-state index in [0.29, 0.717) is 43.1 Å². The van der Waals surface area contributed by atoms with Crippen molar-refractivity contribution >= 4 is 11.6 Å². The maximum Gasteiger partial charge on any atom is 0.416 e. The highest BCUT2D eigenvalue weighted by Gasteiger charge is 2.31. The zero-order chi connectivity index (χ0) is 22.3. The number of benzene rings is 1. The molecule has 1 aliphatic rings. The van der Waals surface area contributed by atoms with Gasteiger partial charge in [0.05, 0.1) is 25.0 Å². The van der Waals surface area contributed by atoms with Gasteiger partial charge in [-0.05, 0) is 24.6 Å². The first kappa shape index (κ1) is 21.1. The van der Waals surface area contributed by atoms with Crippen LogP contribution < -0.4 is 0 Å². The van der Waals surface area contributed by atoms with Crippen LogP contribution in [0.3, 0.4) is 0 Å². The second-order valence-electron chi connectivity index (χ2n) is 7.47. The summed E-state index contributed by atoms with van der Waals surface area (Å²) in [6, 6.07) is 4.79. The lowest BCUT2D eigenvalue weighted by Crippen LogP contribution is -2.40. The van der Waals surface area contributed by atoms with Gasteiger partial charge in [0.25, 0.3) is 5.91 Å². The van der Waals surface area contributed by atoms with Crippen LogP contribution in [0.1, 0.15) is 45.6 Å². The van der Waals surface area contributed by atoms with Gasteiger partial charge in [-0.3, -0.25) is 4.79 Å². The molecule has 1 fully saturated rings. The van der Waals surface area contributed by atoms with E-state index in [-0.39, 0.29) is 23.0 Å². The minimum atomic E-state index is -4.42. The number of amides is 1. The van der Waals surface area contributed by atoms with Gasteiger partial charge in [0, 0.05) is 30.3 Å². The molecule has 7 nitrogen and oxygen atoms in total. The number of ether oxygens (including phenoxy) is 1. The van der Waals surface area contributed by atoms with Crippen LogP contribution in [0.4, 0.5) is 13.2 Å². The molecule has 0 saturated carbocycles. The van der Waals surface area contributed by atoms with Gasteiger partial charge in [-0.15, -0.1) is 0 Å². The van der Waals surface area contributed by atoms with E-state index >= 15 is 0 Å². The van der Waals surface area contributed by atoms with Crippen LogP contribution in [-0.4, -0.2) is 56.8 Å². The first-order chi connectivity index (χ1) is 14.7. The number of hydrogen-bond acceptors (Lipinski definition) is 5. The molecule has 10 heteroatoms. The Morgan fingerprint density at radius 3 is 2.45 bits per heavy atom. The molecular weight excluding hydrogens is 413 g/mol. The van der Waals surface area contributed by atoms with E-state index in [1.807, 2.05) is 0 Å². The fourth-order valence-corrected chi connectivity index (χ4v) is 3.82. The van der Waals surface area contributed by atoms with Crippen LogP contribution in [0.25, 0.3) is 5.65 Å². The Bertz CT molecular complexity index is 1120. The minimum Gasteiger partial charge on any atom is -0.493 e. The summed E-state index contributed by atoms with van der Waals surface area (Å²) >= 11 is 0. The van der Waals surface area contributed by atoms with Crippen LogP contribution in [-0.2, 0) is 10.9 Å². The summed E-state index contributed by atoms with van der Waals surface area (Å²) in [5, 5.41) is 15.0. The molecule has 3 heterocycles. The number of carbonyl (C=O) groups is 1. The number of morpholine rings is 1.